The van der Waals surface area contributed by atoms with Crippen LogP contribution in [0.5, 0.6) is 0 Å². The Morgan fingerprint density at radius 1 is 1.05 bits per heavy atom. The summed E-state index contributed by atoms with van der Waals surface area (Å²) < 4.78 is 30.4. The highest BCUT2D eigenvalue weighted by Crippen LogP contribution is 2.45. The molecule has 8 heteroatoms. The maximum Gasteiger partial charge on any atom is 0.264 e. The highest BCUT2D eigenvalue weighted by molar-refractivity contribution is 5.80. The Morgan fingerprint density at radius 3 is 2.57 bits per heavy atom. The van der Waals surface area contributed by atoms with Gasteiger partial charge in [0, 0.05) is 74.4 Å². The smallest absolute Gasteiger partial charge is 0.264 e. The standard InChI is InChI=1S/C29H33F2N5O/c1-18(37)35-16-22-9-21(20-6-8-33(2)14-20)11-28(26(22)17-35)36-7-4-5-19-10-24(23-13-32-34(3)15-23)25(29(30)31)12-27(19)36/h9-13,15,20,29H,4-8,14,16-17H2,1-3H3. The van der Waals surface area contributed by atoms with E-state index in [2.05, 4.69) is 34.1 Å². The number of alkyl halides is 2. The van der Waals surface area contributed by atoms with E-state index in [9.17, 15) is 13.6 Å². The summed E-state index contributed by atoms with van der Waals surface area (Å²) in [5.41, 5.74) is 7.93. The van der Waals surface area contributed by atoms with Crippen molar-refractivity contribution in [3.63, 3.8) is 0 Å². The van der Waals surface area contributed by atoms with Gasteiger partial charge in [-0.2, -0.15) is 5.10 Å². The fourth-order valence-electron chi connectivity index (χ4n) is 6.31. The van der Waals surface area contributed by atoms with Crippen LogP contribution in [-0.4, -0.2) is 52.2 Å². The lowest BCUT2D eigenvalue weighted by atomic mass is 9.90. The fourth-order valence-corrected chi connectivity index (χ4v) is 6.31. The van der Waals surface area contributed by atoms with E-state index in [-0.39, 0.29) is 11.5 Å². The molecule has 194 valence electrons. The molecule has 1 aromatic heterocycles. The van der Waals surface area contributed by atoms with Gasteiger partial charge in [-0.3, -0.25) is 9.48 Å². The van der Waals surface area contributed by atoms with E-state index in [1.54, 1.807) is 37.1 Å². The van der Waals surface area contributed by atoms with Gasteiger partial charge in [-0.05, 0) is 79.2 Å². The minimum Gasteiger partial charge on any atom is -0.341 e. The van der Waals surface area contributed by atoms with Crippen molar-refractivity contribution < 1.29 is 13.6 Å². The number of aromatic nitrogens is 2. The van der Waals surface area contributed by atoms with Gasteiger partial charge in [0.2, 0.25) is 5.91 Å². The van der Waals surface area contributed by atoms with Crippen molar-refractivity contribution in [2.45, 2.75) is 51.6 Å². The maximum absolute atomic E-state index is 14.4. The number of aryl methyl sites for hydroxylation is 2. The van der Waals surface area contributed by atoms with Gasteiger partial charge >= 0.3 is 0 Å². The maximum atomic E-state index is 14.4. The van der Waals surface area contributed by atoms with Crippen LogP contribution < -0.4 is 4.90 Å². The molecule has 1 amide bonds. The second kappa shape index (κ2) is 9.24. The molecule has 2 aromatic carbocycles. The summed E-state index contributed by atoms with van der Waals surface area (Å²) >= 11 is 0. The van der Waals surface area contributed by atoms with Crippen LogP contribution in [0.1, 0.15) is 59.9 Å². The number of hydrogen-bond donors (Lipinski definition) is 0. The van der Waals surface area contributed by atoms with E-state index in [0.29, 0.717) is 30.1 Å². The molecule has 0 saturated carbocycles. The van der Waals surface area contributed by atoms with Crippen LogP contribution in [0.15, 0.2) is 36.7 Å². The third kappa shape index (κ3) is 4.31. The van der Waals surface area contributed by atoms with Crippen molar-refractivity contribution in [1.82, 2.24) is 19.6 Å². The van der Waals surface area contributed by atoms with Crippen LogP contribution in [-0.2, 0) is 31.4 Å². The normalized spacial score (nSPS) is 19.6. The number of likely N-dealkylation sites (tertiary alicyclic amines) is 1. The van der Waals surface area contributed by atoms with Gasteiger partial charge in [0.15, 0.2) is 0 Å². The molecule has 37 heavy (non-hydrogen) atoms. The van der Waals surface area contributed by atoms with E-state index in [0.717, 1.165) is 61.4 Å². The molecular weight excluding hydrogens is 472 g/mol. The number of benzene rings is 2. The molecule has 4 heterocycles. The summed E-state index contributed by atoms with van der Waals surface area (Å²) in [6.45, 7) is 5.63. The third-order valence-corrected chi connectivity index (χ3v) is 8.27. The van der Waals surface area contributed by atoms with Crippen LogP contribution in [0, 0.1) is 0 Å². The minimum absolute atomic E-state index is 0.0363. The summed E-state index contributed by atoms with van der Waals surface area (Å²) in [7, 11) is 3.95. The summed E-state index contributed by atoms with van der Waals surface area (Å²) in [5.74, 6) is 0.499. The van der Waals surface area contributed by atoms with Crippen LogP contribution in [0.4, 0.5) is 20.2 Å². The van der Waals surface area contributed by atoms with Gasteiger partial charge in [-0.1, -0.05) is 6.07 Å². The van der Waals surface area contributed by atoms with Gasteiger partial charge in [-0.25, -0.2) is 8.78 Å². The fraction of sp³-hybridized carbons (Fsp3) is 0.448. The largest absolute Gasteiger partial charge is 0.341 e. The van der Waals surface area contributed by atoms with Crippen molar-refractivity contribution in [1.29, 1.82) is 0 Å². The zero-order valence-corrected chi connectivity index (χ0v) is 21.7. The molecule has 0 bridgehead atoms. The molecule has 3 aliphatic heterocycles. The number of halogens is 2. The topological polar surface area (TPSA) is 44.6 Å². The Balaban J connectivity index is 1.48. The molecule has 3 aliphatic rings. The van der Waals surface area contributed by atoms with Gasteiger partial charge in [0.1, 0.15) is 0 Å². The number of likely N-dealkylation sites (N-methyl/N-ethyl adjacent to an activating group) is 1. The van der Waals surface area contributed by atoms with Gasteiger partial charge < -0.3 is 14.7 Å². The lowest BCUT2D eigenvalue weighted by Gasteiger charge is -2.34. The summed E-state index contributed by atoms with van der Waals surface area (Å²) in [6.07, 6.45) is 3.74. The Bertz CT molecular complexity index is 1370. The van der Waals surface area contributed by atoms with E-state index >= 15 is 0 Å². The van der Waals surface area contributed by atoms with Crippen molar-refractivity contribution in [3.8, 4) is 11.1 Å². The van der Waals surface area contributed by atoms with Crippen molar-refractivity contribution >= 4 is 17.3 Å². The second-order valence-corrected chi connectivity index (χ2v) is 10.8. The molecule has 1 unspecified atom stereocenters. The number of rotatable bonds is 4. The average Bonchev–Trinajstić information content (AvgIpc) is 3.61. The van der Waals surface area contributed by atoms with E-state index < -0.39 is 6.43 Å². The molecule has 1 fully saturated rings. The second-order valence-electron chi connectivity index (χ2n) is 10.8. The molecule has 0 N–H and O–H groups in total. The summed E-state index contributed by atoms with van der Waals surface area (Å²) in [4.78, 5) is 18.8. The van der Waals surface area contributed by atoms with Crippen LogP contribution >= 0.6 is 0 Å². The summed E-state index contributed by atoms with van der Waals surface area (Å²) in [6, 6.07) is 8.20. The number of hydrogen-bond acceptors (Lipinski definition) is 4. The van der Waals surface area contributed by atoms with E-state index in [1.807, 2.05) is 11.0 Å². The Labute approximate surface area is 216 Å². The predicted octanol–water partition coefficient (Wildman–Crippen LogP) is 5.39. The van der Waals surface area contributed by atoms with Gasteiger partial charge in [0.25, 0.3) is 6.43 Å². The molecule has 0 radical (unpaired) electrons. The van der Waals surface area contributed by atoms with Crippen molar-refractivity contribution in [3.05, 3.63) is 64.5 Å². The predicted molar refractivity (Wildman–Crippen MR) is 140 cm³/mol. The molecule has 0 aliphatic carbocycles. The minimum atomic E-state index is -2.59. The zero-order valence-electron chi connectivity index (χ0n) is 21.7. The zero-order chi connectivity index (χ0) is 25.8. The first-order valence-corrected chi connectivity index (χ1v) is 13.1. The van der Waals surface area contributed by atoms with Crippen molar-refractivity contribution in [2.24, 2.45) is 7.05 Å². The molecule has 1 saturated heterocycles. The Hall–Kier alpha value is -3.26. The van der Waals surface area contributed by atoms with E-state index in [1.165, 1.54) is 11.1 Å². The highest BCUT2D eigenvalue weighted by atomic mass is 19.3. The van der Waals surface area contributed by atoms with Crippen LogP contribution in [0.3, 0.4) is 0 Å². The lowest BCUT2D eigenvalue weighted by molar-refractivity contribution is -0.129. The number of amides is 1. The molecule has 0 spiro atoms. The number of carbonyl (C=O) groups excluding carboxylic acids is 1. The molecular formula is C29H33F2N5O. The SMILES string of the molecule is CC(=O)N1Cc2cc(C3CCN(C)C3)cc(N3CCCc4cc(-c5cnn(C)c5)c(C(F)F)cc43)c2C1. The molecule has 1 atom stereocenters. The van der Waals surface area contributed by atoms with Gasteiger partial charge in [0.05, 0.1) is 6.20 Å². The molecule has 3 aromatic rings. The average molecular weight is 506 g/mol. The Morgan fingerprint density at radius 2 is 1.89 bits per heavy atom. The van der Waals surface area contributed by atoms with Crippen LogP contribution in [0.25, 0.3) is 11.1 Å². The number of fused-ring (bicyclic) bond motifs is 2. The van der Waals surface area contributed by atoms with Gasteiger partial charge in [-0.15, -0.1) is 0 Å². The quantitative estimate of drug-likeness (QED) is 0.477. The first-order valence-electron chi connectivity index (χ1n) is 13.1. The molecule has 6 rings (SSSR count). The summed E-state index contributed by atoms with van der Waals surface area (Å²) in [5, 5.41) is 4.21. The first-order chi connectivity index (χ1) is 17.8. The first kappa shape index (κ1) is 24.1. The third-order valence-electron chi connectivity index (χ3n) is 8.27. The number of anilines is 2. The van der Waals surface area contributed by atoms with E-state index in [4.69, 9.17) is 0 Å². The number of nitrogens with zero attached hydrogens (tertiary/aromatic N) is 5. The monoisotopic (exact) mass is 505 g/mol. The lowest BCUT2D eigenvalue weighted by Crippen LogP contribution is -2.27. The Kier molecular flexibility index (Phi) is 6.02. The number of carbonyl (C=O) groups is 1. The van der Waals surface area contributed by atoms with Crippen molar-refractivity contribution in [2.75, 3.05) is 31.6 Å². The molecule has 6 nitrogen and oxygen atoms in total. The highest BCUT2D eigenvalue weighted by Gasteiger charge is 2.32. The van der Waals surface area contributed by atoms with Crippen LogP contribution in [0.2, 0.25) is 0 Å².